The van der Waals surface area contributed by atoms with Crippen LogP contribution in [0.3, 0.4) is 0 Å². The topological polar surface area (TPSA) is 61.8 Å². The van der Waals surface area contributed by atoms with Crippen LogP contribution in [0.2, 0.25) is 0 Å². The van der Waals surface area contributed by atoms with Gasteiger partial charge in [-0.25, -0.2) is 0 Å². The van der Waals surface area contributed by atoms with Crippen molar-refractivity contribution in [3.05, 3.63) is 29.3 Å². The molecule has 0 unspecified atom stereocenters. The van der Waals surface area contributed by atoms with Gasteiger partial charge in [-0.15, -0.1) is 0 Å². The number of hydrogen-bond acceptors (Lipinski definition) is 5. The molecule has 0 spiro atoms. The van der Waals surface area contributed by atoms with E-state index in [1.165, 1.54) is 7.11 Å². The minimum absolute atomic E-state index is 0.146. The molecule has 0 amide bonds. The van der Waals surface area contributed by atoms with Crippen molar-refractivity contribution in [1.82, 2.24) is 0 Å². The zero-order chi connectivity index (χ0) is 14.7. The molecular formula is C15H18O5. The van der Waals surface area contributed by atoms with Crippen molar-refractivity contribution in [2.75, 3.05) is 20.8 Å². The number of hydrogen-bond donors (Lipinski definition) is 0. The molecule has 1 saturated heterocycles. The molecule has 108 valence electrons. The fourth-order valence-corrected chi connectivity index (χ4v) is 2.39. The van der Waals surface area contributed by atoms with E-state index in [9.17, 15) is 9.59 Å². The molecule has 20 heavy (non-hydrogen) atoms. The fraction of sp³-hybridized carbons (Fsp3) is 0.467. The van der Waals surface area contributed by atoms with E-state index in [-0.39, 0.29) is 12.2 Å². The maximum absolute atomic E-state index is 12.0. The van der Waals surface area contributed by atoms with E-state index in [2.05, 4.69) is 0 Å². The minimum atomic E-state index is -0.902. The fourth-order valence-electron chi connectivity index (χ4n) is 2.39. The van der Waals surface area contributed by atoms with Gasteiger partial charge in [0, 0.05) is 6.42 Å². The second-order valence-corrected chi connectivity index (χ2v) is 4.74. The van der Waals surface area contributed by atoms with Crippen LogP contribution in [0, 0.1) is 12.8 Å². The van der Waals surface area contributed by atoms with Crippen LogP contribution < -0.4 is 4.74 Å². The molecule has 1 aliphatic rings. The Hall–Kier alpha value is -1.88. The average Bonchev–Trinajstić information content (AvgIpc) is 2.46. The van der Waals surface area contributed by atoms with Crippen molar-refractivity contribution in [3.8, 4) is 5.75 Å². The summed E-state index contributed by atoms with van der Waals surface area (Å²) in [4.78, 5) is 23.8. The van der Waals surface area contributed by atoms with Crippen LogP contribution in [-0.4, -0.2) is 32.6 Å². The summed E-state index contributed by atoms with van der Waals surface area (Å²) in [5.74, 6) is -0.902. The van der Waals surface area contributed by atoms with Gasteiger partial charge in [-0.1, -0.05) is 12.1 Å². The lowest BCUT2D eigenvalue weighted by Gasteiger charge is -2.29. The SMILES string of the molecule is COC(=O)[C@H]1C(=O)CCO[C@@H]1c1ccc(C)c(OC)c1. The number of benzene rings is 1. The minimum Gasteiger partial charge on any atom is -0.496 e. The molecule has 0 bridgehead atoms. The zero-order valence-corrected chi connectivity index (χ0v) is 11.8. The number of rotatable bonds is 3. The van der Waals surface area contributed by atoms with E-state index in [0.29, 0.717) is 12.4 Å². The monoisotopic (exact) mass is 278 g/mol. The van der Waals surface area contributed by atoms with Gasteiger partial charge in [0.2, 0.25) is 0 Å². The molecule has 5 nitrogen and oxygen atoms in total. The van der Waals surface area contributed by atoms with Gasteiger partial charge in [0.15, 0.2) is 5.78 Å². The van der Waals surface area contributed by atoms with E-state index in [0.717, 1.165) is 11.1 Å². The Kier molecular flexibility index (Phi) is 4.39. The predicted octanol–water partition coefficient (Wildman–Crippen LogP) is 1.82. The summed E-state index contributed by atoms with van der Waals surface area (Å²) >= 11 is 0. The zero-order valence-electron chi connectivity index (χ0n) is 11.8. The van der Waals surface area contributed by atoms with Gasteiger partial charge < -0.3 is 14.2 Å². The second kappa shape index (κ2) is 6.05. The van der Waals surface area contributed by atoms with Crippen LogP contribution in [0.15, 0.2) is 18.2 Å². The van der Waals surface area contributed by atoms with E-state index in [1.807, 2.05) is 19.1 Å². The van der Waals surface area contributed by atoms with Gasteiger partial charge >= 0.3 is 5.97 Å². The van der Waals surface area contributed by atoms with Crippen LogP contribution >= 0.6 is 0 Å². The Morgan fingerprint density at radius 3 is 2.75 bits per heavy atom. The van der Waals surface area contributed by atoms with Gasteiger partial charge in [0.1, 0.15) is 17.8 Å². The van der Waals surface area contributed by atoms with Crippen molar-refractivity contribution in [2.24, 2.45) is 5.92 Å². The molecule has 1 aromatic rings. The Balaban J connectivity index is 2.37. The predicted molar refractivity (Wildman–Crippen MR) is 71.6 cm³/mol. The van der Waals surface area contributed by atoms with Gasteiger partial charge in [-0.05, 0) is 24.1 Å². The summed E-state index contributed by atoms with van der Waals surface area (Å²) in [5, 5.41) is 0. The van der Waals surface area contributed by atoms with E-state index >= 15 is 0 Å². The Morgan fingerprint density at radius 1 is 1.35 bits per heavy atom. The molecule has 2 rings (SSSR count). The van der Waals surface area contributed by atoms with Gasteiger partial charge in [-0.3, -0.25) is 9.59 Å². The second-order valence-electron chi connectivity index (χ2n) is 4.74. The van der Waals surface area contributed by atoms with E-state index in [1.54, 1.807) is 13.2 Å². The third kappa shape index (κ3) is 2.67. The highest BCUT2D eigenvalue weighted by molar-refractivity contribution is 6.00. The quantitative estimate of drug-likeness (QED) is 0.623. The van der Waals surface area contributed by atoms with E-state index < -0.39 is 18.0 Å². The van der Waals surface area contributed by atoms with Crippen LogP contribution in [-0.2, 0) is 19.1 Å². The third-order valence-electron chi connectivity index (χ3n) is 3.51. The van der Waals surface area contributed by atoms with Crippen molar-refractivity contribution >= 4 is 11.8 Å². The molecule has 0 saturated carbocycles. The molecule has 0 N–H and O–H groups in total. The van der Waals surface area contributed by atoms with Crippen LogP contribution in [0.4, 0.5) is 0 Å². The molecule has 2 atom stereocenters. The lowest BCUT2D eigenvalue weighted by atomic mass is 9.88. The lowest BCUT2D eigenvalue weighted by molar-refractivity contribution is -0.161. The highest BCUT2D eigenvalue weighted by atomic mass is 16.5. The highest BCUT2D eigenvalue weighted by Crippen LogP contribution is 2.34. The molecule has 5 heteroatoms. The van der Waals surface area contributed by atoms with Crippen molar-refractivity contribution < 1.29 is 23.8 Å². The standard InChI is InChI=1S/C15H18O5/c1-9-4-5-10(8-12(9)18-2)14-13(15(17)19-3)11(16)6-7-20-14/h4-5,8,13-14H,6-7H2,1-3H3/t13-,14+/m0/s1. The summed E-state index contributed by atoms with van der Waals surface area (Å²) in [7, 11) is 2.85. The number of ketones is 1. The molecule has 0 aliphatic carbocycles. The number of esters is 1. The first kappa shape index (κ1) is 14.5. The summed E-state index contributed by atoms with van der Waals surface area (Å²) in [5.41, 5.74) is 1.73. The normalized spacial score (nSPS) is 22.4. The van der Waals surface area contributed by atoms with Crippen LogP contribution in [0.5, 0.6) is 5.75 Å². The Morgan fingerprint density at radius 2 is 2.10 bits per heavy atom. The number of aryl methyl sites for hydroxylation is 1. The molecule has 0 aromatic heterocycles. The highest BCUT2D eigenvalue weighted by Gasteiger charge is 2.40. The smallest absolute Gasteiger partial charge is 0.319 e. The van der Waals surface area contributed by atoms with Crippen molar-refractivity contribution in [3.63, 3.8) is 0 Å². The first-order valence-electron chi connectivity index (χ1n) is 6.45. The summed E-state index contributed by atoms with van der Waals surface area (Å²) < 4.78 is 15.6. The van der Waals surface area contributed by atoms with E-state index in [4.69, 9.17) is 14.2 Å². The maximum atomic E-state index is 12.0. The molecule has 1 aliphatic heterocycles. The molecule has 1 heterocycles. The van der Waals surface area contributed by atoms with Gasteiger partial charge in [0.05, 0.1) is 20.8 Å². The number of ether oxygens (including phenoxy) is 3. The van der Waals surface area contributed by atoms with Crippen molar-refractivity contribution in [1.29, 1.82) is 0 Å². The lowest BCUT2D eigenvalue weighted by Crippen LogP contribution is -2.37. The average molecular weight is 278 g/mol. The van der Waals surface area contributed by atoms with Crippen LogP contribution in [0.25, 0.3) is 0 Å². The number of carbonyl (C=O) groups is 2. The Bertz CT molecular complexity index is 515. The van der Waals surface area contributed by atoms with Gasteiger partial charge in [0.25, 0.3) is 0 Å². The summed E-state index contributed by atoms with van der Waals surface area (Å²) in [6.07, 6.45) is -0.377. The molecule has 1 fully saturated rings. The molecular weight excluding hydrogens is 260 g/mol. The van der Waals surface area contributed by atoms with Crippen LogP contribution in [0.1, 0.15) is 23.7 Å². The number of Topliss-reactive ketones (excluding diaryl/α,β-unsaturated/α-hetero) is 1. The first-order chi connectivity index (χ1) is 9.58. The summed E-state index contributed by atoms with van der Waals surface area (Å²) in [6.45, 7) is 2.24. The third-order valence-corrected chi connectivity index (χ3v) is 3.51. The first-order valence-corrected chi connectivity index (χ1v) is 6.45. The van der Waals surface area contributed by atoms with Crippen molar-refractivity contribution in [2.45, 2.75) is 19.4 Å². The molecule has 0 radical (unpaired) electrons. The number of carbonyl (C=O) groups excluding carboxylic acids is 2. The van der Waals surface area contributed by atoms with Gasteiger partial charge in [-0.2, -0.15) is 0 Å². The maximum Gasteiger partial charge on any atom is 0.319 e. The summed E-state index contributed by atoms with van der Waals surface area (Å²) in [6, 6.07) is 5.52. The Labute approximate surface area is 117 Å². The number of methoxy groups -OCH3 is 2. The molecule has 1 aromatic carbocycles. The largest absolute Gasteiger partial charge is 0.496 e.